The minimum Gasteiger partial charge on any atom is -0.352 e. The highest BCUT2D eigenvalue weighted by Crippen LogP contribution is 2.22. The van der Waals surface area contributed by atoms with E-state index in [2.05, 4.69) is 10.6 Å². The summed E-state index contributed by atoms with van der Waals surface area (Å²) in [7, 11) is -2.46. The van der Waals surface area contributed by atoms with E-state index in [4.69, 9.17) is 11.6 Å². The molecule has 0 saturated carbocycles. The lowest BCUT2D eigenvalue weighted by Gasteiger charge is -2.18. The molecule has 0 bridgehead atoms. The molecule has 2 aromatic carbocycles. The quantitative estimate of drug-likeness (QED) is 0.643. The topological polar surface area (TPSA) is 95.6 Å². The number of anilines is 1. The Balaban J connectivity index is 2.06. The first-order chi connectivity index (χ1) is 14.1. The zero-order chi connectivity index (χ0) is 22.5. The number of hydrogen-bond donors (Lipinski definition) is 2. The highest BCUT2D eigenvalue weighted by molar-refractivity contribution is 7.89. The second-order valence-corrected chi connectivity index (χ2v) is 9.46. The molecule has 2 aromatic rings. The first-order valence-electron chi connectivity index (χ1n) is 9.47. The predicted molar refractivity (Wildman–Crippen MR) is 118 cm³/mol. The number of benzene rings is 2. The smallest absolute Gasteiger partial charge is 0.252 e. The van der Waals surface area contributed by atoms with E-state index in [9.17, 15) is 18.0 Å². The summed E-state index contributed by atoms with van der Waals surface area (Å²) in [4.78, 5) is 24.5. The Labute approximate surface area is 182 Å². The molecule has 0 aromatic heterocycles. The molecule has 0 radical (unpaired) electrons. The normalized spacial score (nSPS) is 11.4. The van der Waals surface area contributed by atoms with Gasteiger partial charge in [-0.2, -0.15) is 4.31 Å². The highest BCUT2D eigenvalue weighted by atomic mass is 35.5. The van der Waals surface area contributed by atoms with Gasteiger partial charge in [0.1, 0.15) is 0 Å². The fourth-order valence-corrected chi connectivity index (χ4v) is 4.13. The molecule has 162 valence electrons. The summed E-state index contributed by atoms with van der Waals surface area (Å²) in [5.41, 5.74) is 2.51. The molecule has 2 amide bonds. The number of sulfonamides is 1. The summed E-state index contributed by atoms with van der Waals surface area (Å²) in [6, 6.07) is 9.35. The molecular formula is C21H26ClN3O4S. The van der Waals surface area contributed by atoms with Crippen LogP contribution in [0.25, 0.3) is 0 Å². The van der Waals surface area contributed by atoms with Crippen LogP contribution in [-0.2, 0) is 14.8 Å². The molecule has 7 nitrogen and oxygen atoms in total. The molecule has 0 aliphatic heterocycles. The van der Waals surface area contributed by atoms with Gasteiger partial charge >= 0.3 is 0 Å². The molecule has 0 aliphatic carbocycles. The number of halogens is 1. The molecule has 0 fully saturated rings. The largest absolute Gasteiger partial charge is 0.352 e. The van der Waals surface area contributed by atoms with Gasteiger partial charge in [-0.15, -0.1) is 0 Å². The minimum absolute atomic E-state index is 0.131. The van der Waals surface area contributed by atoms with Crippen molar-refractivity contribution < 1.29 is 18.0 Å². The van der Waals surface area contributed by atoms with E-state index in [1.54, 1.807) is 18.2 Å². The standard InChI is InChI=1S/C21H26ClN3O4S/c1-5-10-23-21(27)18-9-7-16(12-19(18)22)24-20(26)13-25(4)30(28,29)17-8-6-14(2)15(3)11-17/h6-9,11-12H,5,10,13H2,1-4H3,(H,23,27)(H,24,26). The molecular weight excluding hydrogens is 426 g/mol. The van der Waals surface area contributed by atoms with Crippen LogP contribution in [-0.4, -0.2) is 44.7 Å². The fourth-order valence-electron chi connectivity index (χ4n) is 2.65. The number of carbonyl (C=O) groups is 2. The fraction of sp³-hybridized carbons (Fsp3) is 0.333. The predicted octanol–water partition coefficient (Wildman–Crippen LogP) is 3.36. The maximum atomic E-state index is 12.7. The molecule has 0 saturated heterocycles. The van der Waals surface area contributed by atoms with Crippen molar-refractivity contribution in [3.05, 3.63) is 58.1 Å². The Hall–Kier alpha value is -2.42. The van der Waals surface area contributed by atoms with Crippen molar-refractivity contribution in [2.24, 2.45) is 0 Å². The summed E-state index contributed by atoms with van der Waals surface area (Å²) in [6.07, 6.45) is 0.802. The lowest BCUT2D eigenvalue weighted by atomic mass is 10.1. The third kappa shape index (κ3) is 5.81. The van der Waals surface area contributed by atoms with E-state index in [0.29, 0.717) is 17.8 Å². The van der Waals surface area contributed by atoms with Gasteiger partial charge in [0.05, 0.1) is 22.0 Å². The van der Waals surface area contributed by atoms with Crippen molar-refractivity contribution >= 4 is 39.1 Å². The molecule has 0 aliphatic rings. The van der Waals surface area contributed by atoms with Gasteiger partial charge in [-0.1, -0.05) is 24.6 Å². The van der Waals surface area contributed by atoms with Crippen LogP contribution in [0, 0.1) is 13.8 Å². The van der Waals surface area contributed by atoms with E-state index in [-0.39, 0.29) is 22.4 Å². The van der Waals surface area contributed by atoms with Crippen LogP contribution < -0.4 is 10.6 Å². The molecule has 0 unspecified atom stereocenters. The van der Waals surface area contributed by atoms with E-state index in [1.807, 2.05) is 20.8 Å². The Morgan fingerprint density at radius 1 is 1.07 bits per heavy atom. The number of aryl methyl sites for hydroxylation is 2. The maximum absolute atomic E-state index is 12.7. The number of amides is 2. The van der Waals surface area contributed by atoms with E-state index in [0.717, 1.165) is 21.9 Å². The van der Waals surface area contributed by atoms with Crippen molar-refractivity contribution in [2.75, 3.05) is 25.5 Å². The average molecular weight is 452 g/mol. The summed E-state index contributed by atoms with van der Waals surface area (Å²) in [6.45, 7) is 5.84. The number of nitrogens with zero attached hydrogens (tertiary/aromatic N) is 1. The lowest BCUT2D eigenvalue weighted by molar-refractivity contribution is -0.116. The van der Waals surface area contributed by atoms with Crippen molar-refractivity contribution in [1.82, 2.24) is 9.62 Å². The third-order valence-electron chi connectivity index (χ3n) is 4.59. The number of carbonyl (C=O) groups excluding carboxylic acids is 2. The Bertz CT molecular complexity index is 1050. The van der Waals surface area contributed by atoms with E-state index in [1.165, 1.54) is 25.2 Å². The summed E-state index contributed by atoms with van der Waals surface area (Å²) in [5.74, 6) is -0.817. The van der Waals surface area contributed by atoms with Crippen LogP contribution in [0.3, 0.4) is 0 Å². The van der Waals surface area contributed by atoms with Gasteiger partial charge in [-0.05, 0) is 61.7 Å². The van der Waals surface area contributed by atoms with Crippen LogP contribution in [0.15, 0.2) is 41.3 Å². The highest BCUT2D eigenvalue weighted by Gasteiger charge is 2.23. The van der Waals surface area contributed by atoms with Crippen LogP contribution in [0.4, 0.5) is 5.69 Å². The average Bonchev–Trinajstić information content (AvgIpc) is 2.68. The summed E-state index contributed by atoms with van der Waals surface area (Å²) in [5, 5.41) is 5.53. The third-order valence-corrected chi connectivity index (χ3v) is 6.70. The van der Waals surface area contributed by atoms with Gasteiger partial charge in [0.15, 0.2) is 0 Å². The summed E-state index contributed by atoms with van der Waals surface area (Å²) < 4.78 is 26.4. The van der Waals surface area contributed by atoms with Gasteiger partial charge < -0.3 is 10.6 Å². The SMILES string of the molecule is CCCNC(=O)c1ccc(NC(=O)CN(C)S(=O)(=O)c2ccc(C)c(C)c2)cc1Cl. The van der Waals surface area contributed by atoms with Crippen molar-refractivity contribution in [2.45, 2.75) is 32.1 Å². The molecule has 2 N–H and O–H groups in total. The van der Waals surface area contributed by atoms with Gasteiger partial charge in [0.25, 0.3) is 5.91 Å². The Kier molecular flexibility index (Phi) is 8.00. The number of rotatable bonds is 8. The molecule has 0 atom stereocenters. The van der Waals surface area contributed by atoms with Gasteiger partial charge in [0.2, 0.25) is 15.9 Å². The van der Waals surface area contributed by atoms with Gasteiger partial charge in [-0.3, -0.25) is 9.59 Å². The molecule has 9 heteroatoms. The van der Waals surface area contributed by atoms with Crippen molar-refractivity contribution in [3.8, 4) is 0 Å². The van der Waals surface area contributed by atoms with Crippen LogP contribution in [0.2, 0.25) is 5.02 Å². The zero-order valence-electron chi connectivity index (χ0n) is 17.5. The molecule has 0 heterocycles. The van der Waals surface area contributed by atoms with Crippen LogP contribution in [0.5, 0.6) is 0 Å². The Morgan fingerprint density at radius 3 is 2.37 bits per heavy atom. The van der Waals surface area contributed by atoms with Crippen molar-refractivity contribution in [1.29, 1.82) is 0 Å². The number of likely N-dealkylation sites (N-methyl/N-ethyl adjacent to an activating group) is 1. The summed E-state index contributed by atoms with van der Waals surface area (Å²) >= 11 is 6.15. The molecule has 2 rings (SSSR count). The lowest BCUT2D eigenvalue weighted by Crippen LogP contribution is -2.35. The first kappa shape index (κ1) is 23.9. The maximum Gasteiger partial charge on any atom is 0.252 e. The molecule has 30 heavy (non-hydrogen) atoms. The minimum atomic E-state index is -3.81. The second kappa shape index (κ2) is 10.1. The van der Waals surface area contributed by atoms with Crippen LogP contribution >= 0.6 is 11.6 Å². The monoisotopic (exact) mass is 451 g/mol. The molecule has 0 spiro atoms. The zero-order valence-corrected chi connectivity index (χ0v) is 19.0. The van der Waals surface area contributed by atoms with Gasteiger partial charge in [-0.25, -0.2) is 8.42 Å². The Morgan fingerprint density at radius 2 is 1.77 bits per heavy atom. The second-order valence-electron chi connectivity index (χ2n) is 7.01. The van der Waals surface area contributed by atoms with Gasteiger partial charge in [0, 0.05) is 19.3 Å². The van der Waals surface area contributed by atoms with Crippen molar-refractivity contribution in [3.63, 3.8) is 0 Å². The van der Waals surface area contributed by atoms with Crippen LogP contribution in [0.1, 0.15) is 34.8 Å². The number of nitrogens with one attached hydrogen (secondary N) is 2. The first-order valence-corrected chi connectivity index (χ1v) is 11.3. The van der Waals surface area contributed by atoms with E-state index >= 15 is 0 Å². The number of hydrogen-bond acceptors (Lipinski definition) is 4. The van der Waals surface area contributed by atoms with E-state index < -0.39 is 15.9 Å².